The number of carbonyl (C=O) groups excluding carboxylic acids is 1. The third-order valence-electron chi connectivity index (χ3n) is 2.34. The smallest absolute Gasteiger partial charge is 0.305 e. The highest BCUT2D eigenvalue weighted by Crippen LogP contribution is 2.06. The zero-order valence-corrected chi connectivity index (χ0v) is 10.1. The first kappa shape index (κ1) is 12.8. The fraction of sp³-hybridized carbons (Fsp3) is 0.615. The molecule has 0 N–H and O–H groups in total. The maximum atomic E-state index is 11.3. The van der Waals surface area contributed by atoms with Gasteiger partial charge in [-0.1, -0.05) is 13.8 Å². The lowest BCUT2D eigenvalue weighted by Crippen LogP contribution is -2.07. The Balaban J connectivity index is 2.02. The van der Waals surface area contributed by atoms with Crippen LogP contribution in [0.25, 0.3) is 0 Å². The van der Waals surface area contributed by atoms with E-state index >= 15 is 0 Å². The molecule has 0 aliphatic heterocycles. The van der Waals surface area contributed by atoms with E-state index in [9.17, 15) is 4.79 Å². The molecule has 3 heteroatoms. The van der Waals surface area contributed by atoms with Crippen LogP contribution in [0.1, 0.15) is 38.9 Å². The molecule has 0 aliphatic rings. The van der Waals surface area contributed by atoms with Gasteiger partial charge in [0.25, 0.3) is 0 Å². The number of hydrogen-bond acceptors (Lipinski definition) is 3. The molecular formula is C13H20O3. The van der Waals surface area contributed by atoms with E-state index < -0.39 is 0 Å². The van der Waals surface area contributed by atoms with Gasteiger partial charge in [0.2, 0.25) is 0 Å². The maximum absolute atomic E-state index is 11.3. The van der Waals surface area contributed by atoms with Crippen LogP contribution in [0.3, 0.4) is 0 Å². The Labute approximate surface area is 96.8 Å². The summed E-state index contributed by atoms with van der Waals surface area (Å²) in [6.07, 6.45) is 4.64. The summed E-state index contributed by atoms with van der Waals surface area (Å²) in [6.45, 7) is 4.77. The van der Waals surface area contributed by atoms with E-state index in [-0.39, 0.29) is 5.97 Å². The summed E-state index contributed by atoms with van der Waals surface area (Å²) in [5.74, 6) is 1.40. The van der Waals surface area contributed by atoms with Gasteiger partial charge in [-0.25, -0.2) is 0 Å². The van der Waals surface area contributed by atoms with Crippen LogP contribution in [0, 0.1) is 5.92 Å². The van der Waals surface area contributed by atoms with Gasteiger partial charge in [0, 0.05) is 12.8 Å². The largest absolute Gasteiger partial charge is 0.469 e. The highest BCUT2D eigenvalue weighted by atomic mass is 16.5. The van der Waals surface area contributed by atoms with E-state index in [1.165, 1.54) is 0 Å². The van der Waals surface area contributed by atoms with Gasteiger partial charge >= 0.3 is 5.97 Å². The third-order valence-corrected chi connectivity index (χ3v) is 2.34. The number of aryl methyl sites for hydroxylation is 1. The number of ether oxygens (including phenoxy) is 1. The molecule has 0 saturated carbocycles. The monoisotopic (exact) mass is 224 g/mol. The van der Waals surface area contributed by atoms with Crippen molar-refractivity contribution in [2.75, 3.05) is 6.61 Å². The molecule has 0 saturated heterocycles. The summed E-state index contributed by atoms with van der Waals surface area (Å²) in [6, 6.07) is 3.78. The molecule has 1 aromatic rings. The number of furan rings is 1. The molecule has 3 nitrogen and oxygen atoms in total. The minimum Gasteiger partial charge on any atom is -0.469 e. The van der Waals surface area contributed by atoms with E-state index in [0.717, 1.165) is 25.0 Å². The quantitative estimate of drug-likeness (QED) is 0.668. The topological polar surface area (TPSA) is 39.4 Å². The zero-order valence-electron chi connectivity index (χ0n) is 10.1. The first-order chi connectivity index (χ1) is 7.68. The Morgan fingerprint density at radius 1 is 1.50 bits per heavy atom. The molecule has 1 rings (SSSR count). The average molecular weight is 224 g/mol. The van der Waals surface area contributed by atoms with Crippen molar-refractivity contribution in [1.82, 2.24) is 0 Å². The van der Waals surface area contributed by atoms with Crippen LogP contribution in [-0.2, 0) is 16.0 Å². The van der Waals surface area contributed by atoms with Crippen molar-refractivity contribution in [2.45, 2.75) is 39.5 Å². The van der Waals surface area contributed by atoms with Gasteiger partial charge in [0.15, 0.2) is 0 Å². The van der Waals surface area contributed by atoms with Crippen LogP contribution < -0.4 is 0 Å². The molecule has 90 valence electrons. The molecule has 16 heavy (non-hydrogen) atoms. The van der Waals surface area contributed by atoms with Crippen molar-refractivity contribution < 1.29 is 13.9 Å². The fourth-order valence-corrected chi connectivity index (χ4v) is 1.34. The van der Waals surface area contributed by atoms with Crippen LogP contribution in [0.5, 0.6) is 0 Å². The summed E-state index contributed by atoms with van der Waals surface area (Å²) >= 11 is 0. The summed E-state index contributed by atoms with van der Waals surface area (Å²) in [7, 11) is 0. The molecule has 0 unspecified atom stereocenters. The Bertz CT molecular complexity index is 288. The lowest BCUT2D eigenvalue weighted by Gasteiger charge is -2.06. The predicted molar refractivity (Wildman–Crippen MR) is 62.1 cm³/mol. The van der Waals surface area contributed by atoms with Crippen LogP contribution in [0.4, 0.5) is 0 Å². The first-order valence-electron chi connectivity index (χ1n) is 5.86. The first-order valence-corrected chi connectivity index (χ1v) is 5.86. The highest BCUT2D eigenvalue weighted by molar-refractivity contribution is 5.69. The molecular weight excluding hydrogens is 204 g/mol. The van der Waals surface area contributed by atoms with Crippen LogP contribution in [0.15, 0.2) is 22.8 Å². The van der Waals surface area contributed by atoms with Crippen molar-refractivity contribution >= 4 is 5.97 Å². The molecule has 1 heterocycles. The van der Waals surface area contributed by atoms with Crippen molar-refractivity contribution in [3.63, 3.8) is 0 Å². The Kier molecular flexibility index (Phi) is 5.68. The summed E-state index contributed by atoms with van der Waals surface area (Å²) < 4.78 is 10.3. The normalized spacial score (nSPS) is 10.7. The van der Waals surface area contributed by atoms with E-state index in [0.29, 0.717) is 18.9 Å². The standard InChI is InChI=1S/C13H20O3/c1-11(2)8-10-16-13(14)7-3-5-12-6-4-9-15-12/h4,6,9,11H,3,5,7-8,10H2,1-2H3. The van der Waals surface area contributed by atoms with Crippen molar-refractivity contribution in [2.24, 2.45) is 5.92 Å². The van der Waals surface area contributed by atoms with Gasteiger partial charge in [-0.3, -0.25) is 4.79 Å². The number of rotatable bonds is 7. The van der Waals surface area contributed by atoms with Crippen LogP contribution in [-0.4, -0.2) is 12.6 Å². The molecule has 0 fully saturated rings. The average Bonchev–Trinajstić information content (AvgIpc) is 2.70. The molecule has 0 radical (unpaired) electrons. The van der Waals surface area contributed by atoms with Crippen molar-refractivity contribution in [3.05, 3.63) is 24.2 Å². The molecule has 0 amide bonds. The number of hydrogen-bond donors (Lipinski definition) is 0. The molecule has 0 bridgehead atoms. The molecule has 0 spiro atoms. The van der Waals surface area contributed by atoms with Crippen LogP contribution in [0.2, 0.25) is 0 Å². The van der Waals surface area contributed by atoms with E-state index in [1.54, 1.807) is 6.26 Å². The van der Waals surface area contributed by atoms with Gasteiger partial charge < -0.3 is 9.15 Å². The number of esters is 1. The minimum absolute atomic E-state index is 0.104. The highest BCUT2D eigenvalue weighted by Gasteiger charge is 2.04. The second kappa shape index (κ2) is 7.09. The van der Waals surface area contributed by atoms with E-state index in [2.05, 4.69) is 13.8 Å². The van der Waals surface area contributed by atoms with E-state index in [4.69, 9.17) is 9.15 Å². The van der Waals surface area contributed by atoms with Gasteiger partial charge in [0.1, 0.15) is 5.76 Å². The molecule has 0 aliphatic carbocycles. The second-order valence-electron chi connectivity index (χ2n) is 4.34. The lowest BCUT2D eigenvalue weighted by molar-refractivity contribution is -0.144. The molecule has 1 aromatic heterocycles. The zero-order chi connectivity index (χ0) is 11.8. The Morgan fingerprint density at radius 2 is 2.31 bits per heavy atom. The van der Waals surface area contributed by atoms with Crippen molar-refractivity contribution in [3.8, 4) is 0 Å². The van der Waals surface area contributed by atoms with Gasteiger partial charge in [-0.15, -0.1) is 0 Å². The maximum Gasteiger partial charge on any atom is 0.305 e. The predicted octanol–water partition coefficient (Wildman–Crippen LogP) is 3.19. The SMILES string of the molecule is CC(C)CCOC(=O)CCCc1ccco1. The number of carbonyl (C=O) groups is 1. The summed E-state index contributed by atoms with van der Waals surface area (Å²) in [5, 5.41) is 0. The lowest BCUT2D eigenvalue weighted by atomic mass is 10.1. The van der Waals surface area contributed by atoms with Crippen LogP contribution >= 0.6 is 0 Å². The van der Waals surface area contributed by atoms with Gasteiger partial charge in [-0.05, 0) is 30.9 Å². The molecule has 0 aromatic carbocycles. The minimum atomic E-state index is -0.104. The third kappa shape index (κ3) is 5.59. The second-order valence-corrected chi connectivity index (χ2v) is 4.34. The van der Waals surface area contributed by atoms with E-state index in [1.807, 2.05) is 12.1 Å². The summed E-state index contributed by atoms with van der Waals surface area (Å²) in [4.78, 5) is 11.3. The van der Waals surface area contributed by atoms with Gasteiger partial charge in [-0.2, -0.15) is 0 Å². The van der Waals surface area contributed by atoms with Gasteiger partial charge in [0.05, 0.1) is 12.9 Å². The molecule has 0 atom stereocenters. The Hall–Kier alpha value is -1.25. The van der Waals surface area contributed by atoms with Crippen molar-refractivity contribution in [1.29, 1.82) is 0 Å². The Morgan fingerprint density at radius 3 is 2.94 bits per heavy atom. The summed E-state index contributed by atoms with van der Waals surface area (Å²) in [5.41, 5.74) is 0. The fourth-order valence-electron chi connectivity index (χ4n) is 1.34.